The van der Waals surface area contributed by atoms with Crippen LogP contribution in [0.5, 0.6) is 5.75 Å². The van der Waals surface area contributed by atoms with E-state index in [-0.39, 0.29) is 5.57 Å². The molecule has 1 aromatic carbocycles. The molecule has 0 saturated heterocycles. The number of benzene rings is 1. The Morgan fingerprint density at radius 1 is 1.30 bits per heavy atom. The third kappa shape index (κ3) is 3.26. The van der Waals surface area contributed by atoms with Crippen molar-refractivity contribution in [1.82, 2.24) is 0 Å². The first-order valence-corrected chi connectivity index (χ1v) is 6.22. The van der Waals surface area contributed by atoms with E-state index in [2.05, 4.69) is 0 Å². The molecule has 1 aromatic rings. The zero-order chi connectivity index (χ0) is 15.4. The molecule has 20 heavy (non-hydrogen) atoms. The molecule has 1 N–H and O–H groups in total. The molecule has 0 heterocycles. The Bertz CT molecular complexity index is 598. The highest BCUT2D eigenvalue weighted by Crippen LogP contribution is 2.28. The molecule has 1 rings (SSSR count). The van der Waals surface area contributed by atoms with Gasteiger partial charge in [0.05, 0.1) is 7.11 Å². The van der Waals surface area contributed by atoms with E-state index in [9.17, 15) is 9.18 Å². The molecule has 0 atom stereocenters. The van der Waals surface area contributed by atoms with Gasteiger partial charge in [-0.15, -0.1) is 0 Å². The number of allylic oxidation sites excluding steroid dienone is 2. The first-order valence-electron chi connectivity index (χ1n) is 6.22. The van der Waals surface area contributed by atoms with E-state index >= 15 is 0 Å². The van der Waals surface area contributed by atoms with Crippen molar-refractivity contribution in [3.63, 3.8) is 0 Å². The number of aliphatic carboxylic acids is 1. The van der Waals surface area contributed by atoms with Crippen LogP contribution in [0, 0.1) is 20.8 Å². The maximum Gasteiger partial charge on any atom is 0.365 e. The fourth-order valence-corrected chi connectivity index (χ4v) is 1.98. The molecule has 0 radical (unpaired) electrons. The molecule has 0 aliphatic carbocycles. The highest BCUT2D eigenvalue weighted by Gasteiger charge is 2.10. The average Bonchev–Trinajstić information content (AvgIpc) is 2.41. The van der Waals surface area contributed by atoms with Crippen molar-refractivity contribution in [2.45, 2.75) is 27.7 Å². The Kier molecular flexibility index (Phi) is 5.08. The van der Waals surface area contributed by atoms with E-state index in [1.165, 1.54) is 13.0 Å². The lowest BCUT2D eigenvalue weighted by molar-refractivity contribution is -0.134. The molecule has 0 fully saturated rings. The zero-order valence-corrected chi connectivity index (χ0v) is 12.4. The van der Waals surface area contributed by atoms with Crippen LogP contribution in [0.4, 0.5) is 4.39 Å². The average molecular weight is 278 g/mol. The van der Waals surface area contributed by atoms with Crippen molar-refractivity contribution in [3.8, 4) is 5.75 Å². The molecule has 0 aliphatic heterocycles. The van der Waals surface area contributed by atoms with E-state index in [1.54, 1.807) is 13.2 Å². The summed E-state index contributed by atoms with van der Waals surface area (Å²) in [5.41, 5.74) is 4.06. The van der Waals surface area contributed by atoms with Gasteiger partial charge in [-0.2, -0.15) is 4.39 Å². The SMILES string of the molecule is COc1cc(C)c(/C=C/C(C)=C(\F)C(=O)O)c(C)c1C. The van der Waals surface area contributed by atoms with Crippen LogP contribution >= 0.6 is 0 Å². The summed E-state index contributed by atoms with van der Waals surface area (Å²) >= 11 is 0. The molecule has 108 valence electrons. The summed E-state index contributed by atoms with van der Waals surface area (Å²) in [5.74, 6) is -1.88. The van der Waals surface area contributed by atoms with Crippen LogP contribution < -0.4 is 4.74 Å². The predicted octanol–water partition coefficient (Wildman–Crippen LogP) is 3.96. The number of carbonyl (C=O) groups is 1. The second kappa shape index (κ2) is 6.37. The lowest BCUT2D eigenvalue weighted by Crippen LogP contribution is -1.97. The maximum atomic E-state index is 13.2. The van der Waals surface area contributed by atoms with Gasteiger partial charge < -0.3 is 9.84 Å². The van der Waals surface area contributed by atoms with Gasteiger partial charge in [0.2, 0.25) is 5.83 Å². The van der Waals surface area contributed by atoms with E-state index in [0.29, 0.717) is 0 Å². The van der Waals surface area contributed by atoms with Gasteiger partial charge in [0, 0.05) is 0 Å². The Balaban J connectivity index is 3.27. The summed E-state index contributed by atoms with van der Waals surface area (Å²) < 4.78 is 18.5. The van der Waals surface area contributed by atoms with Gasteiger partial charge in [-0.25, -0.2) is 4.79 Å². The van der Waals surface area contributed by atoms with Crippen LogP contribution in [-0.4, -0.2) is 18.2 Å². The zero-order valence-electron chi connectivity index (χ0n) is 12.4. The van der Waals surface area contributed by atoms with Crippen molar-refractivity contribution < 1.29 is 19.0 Å². The highest BCUT2D eigenvalue weighted by atomic mass is 19.1. The molecule has 0 aromatic heterocycles. The number of hydrogen-bond donors (Lipinski definition) is 1. The lowest BCUT2D eigenvalue weighted by atomic mass is 9.96. The highest BCUT2D eigenvalue weighted by molar-refractivity contribution is 5.85. The summed E-state index contributed by atoms with van der Waals surface area (Å²) in [7, 11) is 1.62. The van der Waals surface area contributed by atoms with Crippen molar-refractivity contribution in [2.24, 2.45) is 0 Å². The first kappa shape index (κ1) is 16.0. The number of rotatable bonds is 4. The Labute approximate surface area is 118 Å². The number of aryl methyl sites for hydroxylation is 1. The van der Waals surface area contributed by atoms with Crippen molar-refractivity contribution in [2.75, 3.05) is 7.11 Å². The fraction of sp³-hybridized carbons (Fsp3) is 0.312. The molecule has 0 spiro atoms. The number of methoxy groups -OCH3 is 1. The van der Waals surface area contributed by atoms with Crippen LogP contribution in [-0.2, 0) is 4.79 Å². The third-order valence-corrected chi connectivity index (χ3v) is 3.36. The Hall–Kier alpha value is -2.10. The minimum absolute atomic E-state index is 0.0878. The molecule has 0 aliphatic rings. The van der Waals surface area contributed by atoms with E-state index in [4.69, 9.17) is 9.84 Å². The van der Waals surface area contributed by atoms with Gasteiger partial charge in [-0.1, -0.05) is 12.2 Å². The number of ether oxygens (including phenoxy) is 1. The van der Waals surface area contributed by atoms with Gasteiger partial charge in [0.1, 0.15) is 5.75 Å². The lowest BCUT2D eigenvalue weighted by Gasteiger charge is -2.13. The predicted molar refractivity (Wildman–Crippen MR) is 77.7 cm³/mol. The van der Waals surface area contributed by atoms with E-state index in [0.717, 1.165) is 28.0 Å². The Morgan fingerprint density at radius 3 is 2.40 bits per heavy atom. The minimum atomic E-state index is -1.55. The first-order chi connectivity index (χ1) is 9.29. The van der Waals surface area contributed by atoms with Crippen LogP contribution in [0.25, 0.3) is 6.08 Å². The summed E-state index contributed by atoms with van der Waals surface area (Å²) in [6.45, 7) is 7.27. The van der Waals surface area contributed by atoms with Crippen LogP contribution in [0.15, 0.2) is 23.5 Å². The second-order valence-electron chi connectivity index (χ2n) is 4.69. The molecule has 3 nitrogen and oxygen atoms in total. The standard InChI is InChI=1S/C16H19FO3/c1-9(15(17)16(18)19)6-7-13-10(2)8-14(20-5)12(4)11(13)3/h6-8H,1-5H3,(H,18,19)/b7-6+,15-9-. The maximum absolute atomic E-state index is 13.2. The monoisotopic (exact) mass is 278 g/mol. The summed E-state index contributed by atoms with van der Waals surface area (Å²) in [6, 6.07) is 1.91. The van der Waals surface area contributed by atoms with Gasteiger partial charge in [-0.3, -0.25) is 0 Å². The van der Waals surface area contributed by atoms with Crippen LogP contribution in [0.3, 0.4) is 0 Å². The third-order valence-electron chi connectivity index (χ3n) is 3.36. The fourth-order valence-electron chi connectivity index (χ4n) is 1.98. The van der Waals surface area contributed by atoms with Gasteiger partial charge in [0.15, 0.2) is 0 Å². The molecule has 0 saturated carbocycles. The number of hydrogen-bond acceptors (Lipinski definition) is 2. The quantitative estimate of drug-likeness (QED) is 0.669. The topological polar surface area (TPSA) is 46.5 Å². The molecule has 4 heteroatoms. The van der Waals surface area contributed by atoms with E-state index in [1.807, 2.05) is 26.8 Å². The number of carboxylic acid groups (broad SMARTS) is 1. The van der Waals surface area contributed by atoms with Gasteiger partial charge >= 0.3 is 5.97 Å². The number of carboxylic acids is 1. The molecular formula is C16H19FO3. The normalized spacial score (nSPS) is 12.5. The molecular weight excluding hydrogens is 259 g/mol. The van der Waals surface area contributed by atoms with Crippen LogP contribution in [0.1, 0.15) is 29.2 Å². The van der Waals surface area contributed by atoms with Crippen molar-refractivity contribution in [1.29, 1.82) is 0 Å². The summed E-state index contributed by atoms with van der Waals surface area (Å²) in [6.07, 6.45) is 3.21. The smallest absolute Gasteiger partial charge is 0.365 e. The van der Waals surface area contributed by atoms with Crippen molar-refractivity contribution in [3.05, 3.63) is 45.8 Å². The molecule has 0 bridgehead atoms. The second-order valence-corrected chi connectivity index (χ2v) is 4.69. The van der Waals surface area contributed by atoms with Gasteiger partial charge in [0.25, 0.3) is 0 Å². The minimum Gasteiger partial charge on any atom is -0.496 e. The van der Waals surface area contributed by atoms with Crippen molar-refractivity contribution >= 4 is 12.0 Å². The van der Waals surface area contributed by atoms with E-state index < -0.39 is 11.8 Å². The Morgan fingerprint density at radius 2 is 1.90 bits per heavy atom. The largest absolute Gasteiger partial charge is 0.496 e. The summed E-state index contributed by atoms with van der Waals surface area (Å²) in [5, 5.41) is 8.59. The number of halogens is 1. The van der Waals surface area contributed by atoms with Gasteiger partial charge in [-0.05, 0) is 61.6 Å². The molecule has 0 unspecified atom stereocenters. The molecule has 0 amide bonds. The van der Waals surface area contributed by atoms with Crippen LogP contribution in [0.2, 0.25) is 0 Å². The summed E-state index contributed by atoms with van der Waals surface area (Å²) in [4.78, 5) is 10.5.